The fourth-order valence-electron chi connectivity index (χ4n) is 1.04. The Morgan fingerprint density at radius 3 is 2.41 bits per heavy atom. The van der Waals surface area contributed by atoms with Crippen molar-refractivity contribution in [3.05, 3.63) is 0 Å². The maximum Gasteiger partial charge on any atom is 0.306 e. The summed E-state index contributed by atoms with van der Waals surface area (Å²) in [4.78, 5) is 31.3. The van der Waals surface area contributed by atoms with Gasteiger partial charge in [-0.25, -0.2) is 0 Å². The van der Waals surface area contributed by atoms with Crippen molar-refractivity contribution in [2.75, 3.05) is 32.6 Å². The Kier molecular flexibility index (Phi) is 7.78. The number of aliphatic hydroxyl groups excluding tert-OH is 1. The number of rotatable bonds is 8. The highest BCUT2D eigenvalue weighted by Crippen LogP contribution is 2.41. The zero-order chi connectivity index (χ0) is 13.3. The Labute approximate surface area is 99.6 Å². The molecule has 0 fully saturated rings. The van der Waals surface area contributed by atoms with Crippen LogP contribution in [-0.4, -0.2) is 54.5 Å². The first-order valence-corrected chi connectivity index (χ1v) is 7.19. The van der Waals surface area contributed by atoms with Crippen LogP contribution in [0.15, 0.2) is 0 Å². The number of hydrogen-bond donors (Lipinski definition) is 3. The van der Waals surface area contributed by atoms with Crippen LogP contribution in [0.25, 0.3) is 0 Å². The number of methoxy groups -OCH3 is 1. The highest BCUT2D eigenvalue weighted by atomic mass is 31.2. The lowest BCUT2D eigenvalue weighted by atomic mass is 10.4. The summed E-state index contributed by atoms with van der Waals surface area (Å²) in [7, 11) is -2.27. The van der Waals surface area contributed by atoms with Gasteiger partial charge in [0, 0.05) is 25.3 Å². The number of nitrogens with one attached hydrogen (secondary N) is 1. The van der Waals surface area contributed by atoms with Gasteiger partial charge in [0.25, 0.3) is 0 Å². The maximum absolute atomic E-state index is 11.5. The number of aliphatic hydroxyl groups is 1. The van der Waals surface area contributed by atoms with E-state index < -0.39 is 19.2 Å². The molecule has 0 radical (unpaired) electrons. The number of hydrogen-bond acceptors (Lipinski definition) is 5. The van der Waals surface area contributed by atoms with Gasteiger partial charge in [-0.05, 0) is 0 Å². The van der Waals surface area contributed by atoms with Gasteiger partial charge >= 0.3 is 5.97 Å². The number of ether oxygens (including phenoxy) is 1. The van der Waals surface area contributed by atoms with Crippen LogP contribution in [0.3, 0.4) is 0 Å². The molecule has 0 saturated heterocycles. The topological polar surface area (TPSA) is 113 Å². The zero-order valence-electron chi connectivity index (χ0n) is 9.72. The van der Waals surface area contributed by atoms with E-state index in [0.717, 1.165) is 0 Å². The monoisotopic (exact) mass is 267 g/mol. The van der Waals surface area contributed by atoms with Crippen LogP contribution in [0.4, 0.5) is 0 Å². The highest BCUT2D eigenvalue weighted by Gasteiger charge is 2.21. The molecule has 0 aromatic heterocycles. The van der Waals surface area contributed by atoms with E-state index in [2.05, 4.69) is 10.1 Å². The van der Waals surface area contributed by atoms with Gasteiger partial charge in [-0.2, -0.15) is 0 Å². The van der Waals surface area contributed by atoms with Crippen molar-refractivity contribution in [1.82, 2.24) is 5.32 Å². The van der Waals surface area contributed by atoms with Crippen molar-refractivity contribution in [1.29, 1.82) is 0 Å². The molecule has 8 heteroatoms. The molecule has 0 aliphatic heterocycles. The van der Waals surface area contributed by atoms with Crippen LogP contribution >= 0.6 is 7.37 Å². The summed E-state index contributed by atoms with van der Waals surface area (Å²) < 4.78 is 15.9. The molecule has 0 saturated carbocycles. The standard InChI is InChI=1S/C9H18NO6P/c1-16-9(13)3-7-17(14,15)6-2-8(12)10-4-5-11/h11H,2-7H2,1H3,(H,10,12)(H,14,15). The SMILES string of the molecule is COC(=O)CCP(=O)(O)CCC(=O)NCCO. The Hall–Kier alpha value is -0.910. The molecule has 0 heterocycles. The van der Waals surface area contributed by atoms with Crippen LogP contribution in [0, 0.1) is 0 Å². The predicted octanol–water partition coefficient (Wildman–Crippen LogP) is -0.682. The van der Waals surface area contributed by atoms with Crippen LogP contribution in [0.1, 0.15) is 12.8 Å². The lowest BCUT2D eigenvalue weighted by Gasteiger charge is -2.10. The van der Waals surface area contributed by atoms with E-state index in [9.17, 15) is 19.0 Å². The first-order valence-electron chi connectivity index (χ1n) is 5.16. The molecule has 0 aromatic carbocycles. The molecule has 0 spiro atoms. The molecule has 0 aromatic rings. The maximum atomic E-state index is 11.5. The van der Waals surface area contributed by atoms with E-state index in [0.29, 0.717) is 0 Å². The van der Waals surface area contributed by atoms with Crippen molar-refractivity contribution < 1.29 is 28.9 Å². The van der Waals surface area contributed by atoms with Crippen molar-refractivity contribution in [3.63, 3.8) is 0 Å². The highest BCUT2D eigenvalue weighted by molar-refractivity contribution is 7.58. The van der Waals surface area contributed by atoms with Gasteiger partial charge in [-0.3, -0.25) is 14.2 Å². The quantitative estimate of drug-likeness (QED) is 0.396. The molecule has 0 rings (SSSR count). The second kappa shape index (κ2) is 8.22. The number of esters is 1. The minimum Gasteiger partial charge on any atom is -0.469 e. The van der Waals surface area contributed by atoms with E-state index in [1.807, 2.05) is 0 Å². The summed E-state index contributed by atoms with van der Waals surface area (Å²) in [5.74, 6) is -0.949. The summed E-state index contributed by atoms with van der Waals surface area (Å²) in [6.45, 7) is -0.0540. The smallest absolute Gasteiger partial charge is 0.306 e. The third-order valence-corrected chi connectivity index (χ3v) is 3.86. The lowest BCUT2D eigenvalue weighted by molar-refractivity contribution is -0.140. The Morgan fingerprint density at radius 1 is 1.29 bits per heavy atom. The van der Waals surface area contributed by atoms with Crippen LogP contribution < -0.4 is 5.32 Å². The number of amides is 1. The normalized spacial score (nSPS) is 13.8. The van der Waals surface area contributed by atoms with Crippen molar-refractivity contribution in [2.24, 2.45) is 0 Å². The van der Waals surface area contributed by atoms with Crippen molar-refractivity contribution in [2.45, 2.75) is 12.8 Å². The molecule has 100 valence electrons. The Morgan fingerprint density at radius 2 is 1.88 bits per heavy atom. The molecule has 1 unspecified atom stereocenters. The number of carbonyl (C=O) groups excluding carboxylic acids is 2. The average molecular weight is 267 g/mol. The van der Waals surface area contributed by atoms with Crippen molar-refractivity contribution >= 4 is 19.2 Å². The summed E-state index contributed by atoms with van der Waals surface area (Å²) in [6.07, 6.45) is -0.605. The molecule has 7 nitrogen and oxygen atoms in total. The van der Waals surface area contributed by atoms with E-state index in [4.69, 9.17) is 5.11 Å². The van der Waals surface area contributed by atoms with Crippen LogP contribution in [0.2, 0.25) is 0 Å². The molecule has 3 N–H and O–H groups in total. The fraction of sp³-hybridized carbons (Fsp3) is 0.778. The van der Waals surface area contributed by atoms with E-state index >= 15 is 0 Å². The van der Waals surface area contributed by atoms with E-state index in [1.54, 1.807) is 0 Å². The fourth-order valence-corrected chi connectivity index (χ4v) is 2.35. The zero-order valence-corrected chi connectivity index (χ0v) is 10.6. The molecule has 17 heavy (non-hydrogen) atoms. The van der Waals surface area contributed by atoms with Gasteiger partial charge in [0.1, 0.15) is 0 Å². The summed E-state index contributed by atoms with van der Waals surface area (Å²) >= 11 is 0. The minimum absolute atomic E-state index is 0.102. The van der Waals surface area contributed by atoms with Crippen LogP contribution in [-0.2, 0) is 18.9 Å². The summed E-state index contributed by atoms with van der Waals surface area (Å²) in [6, 6.07) is 0. The minimum atomic E-state index is -3.47. The summed E-state index contributed by atoms with van der Waals surface area (Å²) in [5, 5.41) is 10.8. The molecule has 1 amide bonds. The predicted molar refractivity (Wildman–Crippen MR) is 60.9 cm³/mol. The van der Waals surface area contributed by atoms with Crippen LogP contribution in [0.5, 0.6) is 0 Å². The Balaban J connectivity index is 3.88. The first-order chi connectivity index (χ1) is 7.91. The van der Waals surface area contributed by atoms with E-state index in [1.165, 1.54) is 7.11 Å². The molecule has 1 atom stereocenters. The van der Waals surface area contributed by atoms with Gasteiger partial charge in [0.15, 0.2) is 0 Å². The third kappa shape index (κ3) is 8.85. The van der Waals surface area contributed by atoms with E-state index in [-0.39, 0.29) is 38.3 Å². The molecule has 0 aliphatic rings. The van der Waals surface area contributed by atoms with Gasteiger partial charge in [-0.1, -0.05) is 0 Å². The second-order valence-electron chi connectivity index (χ2n) is 3.44. The average Bonchev–Trinajstić information content (AvgIpc) is 2.31. The Bertz CT molecular complexity index is 306. The largest absolute Gasteiger partial charge is 0.469 e. The molecule has 0 bridgehead atoms. The summed E-state index contributed by atoms with van der Waals surface area (Å²) in [5.41, 5.74) is 0. The van der Waals surface area contributed by atoms with Crippen molar-refractivity contribution in [3.8, 4) is 0 Å². The third-order valence-electron chi connectivity index (χ3n) is 2.02. The van der Waals surface area contributed by atoms with Gasteiger partial charge in [0.2, 0.25) is 13.3 Å². The van der Waals surface area contributed by atoms with Gasteiger partial charge in [0.05, 0.1) is 20.1 Å². The van der Waals surface area contributed by atoms with Gasteiger partial charge in [-0.15, -0.1) is 0 Å². The van der Waals surface area contributed by atoms with Gasteiger partial charge < -0.3 is 20.1 Å². The lowest BCUT2D eigenvalue weighted by Crippen LogP contribution is -2.27. The number of carbonyl (C=O) groups is 2. The molecular formula is C9H18NO6P. The molecular weight excluding hydrogens is 249 g/mol. The molecule has 0 aliphatic carbocycles. The second-order valence-corrected chi connectivity index (χ2v) is 6.03. The first kappa shape index (κ1) is 16.1.